The van der Waals surface area contributed by atoms with Gasteiger partial charge in [-0.1, -0.05) is 17.7 Å². The van der Waals surface area contributed by atoms with E-state index in [-0.39, 0.29) is 5.54 Å². The van der Waals surface area contributed by atoms with Crippen molar-refractivity contribution in [2.45, 2.75) is 25.8 Å². The van der Waals surface area contributed by atoms with Gasteiger partial charge in [-0.2, -0.15) is 0 Å². The molecule has 0 spiro atoms. The summed E-state index contributed by atoms with van der Waals surface area (Å²) in [5.74, 6) is 0. The highest BCUT2D eigenvalue weighted by Crippen LogP contribution is 2.22. The van der Waals surface area contributed by atoms with Crippen LogP contribution in [-0.4, -0.2) is 25.2 Å². The van der Waals surface area contributed by atoms with Gasteiger partial charge in [0.2, 0.25) is 0 Å². The van der Waals surface area contributed by atoms with Crippen LogP contribution < -0.4 is 10.2 Å². The van der Waals surface area contributed by atoms with Gasteiger partial charge in [0, 0.05) is 29.3 Å². The van der Waals surface area contributed by atoms with Gasteiger partial charge >= 0.3 is 0 Å². The lowest BCUT2D eigenvalue weighted by Crippen LogP contribution is -2.46. The molecule has 1 N–H and O–H groups in total. The molecule has 3 heteroatoms. The van der Waals surface area contributed by atoms with E-state index in [1.807, 2.05) is 18.2 Å². The monoisotopic (exact) mass is 238 g/mol. The van der Waals surface area contributed by atoms with Gasteiger partial charge in [-0.05, 0) is 45.0 Å². The number of nitrogens with zero attached hydrogens (tertiary/aromatic N) is 1. The molecule has 0 aromatic heterocycles. The SMILES string of the molecule is CC1(C)CN(c2cccc(Cl)c2)CCCN1. The van der Waals surface area contributed by atoms with Gasteiger partial charge < -0.3 is 10.2 Å². The molecule has 1 aliphatic heterocycles. The Morgan fingerprint density at radius 1 is 1.38 bits per heavy atom. The average molecular weight is 239 g/mol. The maximum Gasteiger partial charge on any atom is 0.0426 e. The van der Waals surface area contributed by atoms with Crippen LogP contribution in [0.1, 0.15) is 20.3 Å². The van der Waals surface area contributed by atoms with Gasteiger partial charge in [-0.3, -0.25) is 0 Å². The minimum absolute atomic E-state index is 0.165. The van der Waals surface area contributed by atoms with E-state index in [2.05, 4.69) is 30.1 Å². The van der Waals surface area contributed by atoms with E-state index in [9.17, 15) is 0 Å². The van der Waals surface area contributed by atoms with E-state index in [0.29, 0.717) is 0 Å². The first-order valence-electron chi connectivity index (χ1n) is 5.82. The Bertz CT molecular complexity index is 363. The first kappa shape index (κ1) is 11.7. The van der Waals surface area contributed by atoms with Crippen molar-refractivity contribution in [1.82, 2.24) is 5.32 Å². The van der Waals surface area contributed by atoms with E-state index < -0.39 is 0 Å². The van der Waals surface area contributed by atoms with Crippen molar-refractivity contribution in [3.8, 4) is 0 Å². The molecule has 0 unspecified atom stereocenters. The van der Waals surface area contributed by atoms with Crippen molar-refractivity contribution in [3.63, 3.8) is 0 Å². The second-order valence-electron chi connectivity index (χ2n) is 5.07. The van der Waals surface area contributed by atoms with E-state index in [1.165, 1.54) is 12.1 Å². The molecule has 1 aromatic rings. The summed E-state index contributed by atoms with van der Waals surface area (Å²) in [5, 5.41) is 4.37. The summed E-state index contributed by atoms with van der Waals surface area (Å²) < 4.78 is 0. The maximum absolute atomic E-state index is 6.03. The zero-order valence-electron chi connectivity index (χ0n) is 9.96. The maximum atomic E-state index is 6.03. The van der Waals surface area contributed by atoms with Gasteiger partial charge in [-0.25, -0.2) is 0 Å². The van der Waals surface area contributed by atoms with E-state index in [4.69, 9.17) is 11.6 Å². The molecule has 16 heavy (non-hydrogen) atoms. The number of anilines is 1. The Balaban J connectivity index is 2.19. The third-order valence-electron chi connectivity index (χ3n) is 2.97. The zero-order valence-corrected chi connectivity index (χ0v) is 10.7. The topological polar surface area (TPSA) is 15.3 Å². The Hall–Kier alpha value is -0.730. The van der Waals surface area contributed by atoms with Crippen LogP contribution in [-0.2, 0) is 0 Å². The molecule has 2 nitrogen and oxygen atoms in total. The first-order chi connectivity index (χ1) is 7.57. The summed E-state index contributed by atoms with van der Waals surface area (Å²) in [7, 11) is 0. The Labute approximate surface area is 103 Å². The summed E-state index contributed by atoms with van der Waals surface area (Å²) in [4.78, 5) is 2.41. The van der Waals surface area contributed by atoms with Crippen LogP contribution in [0.25, 0.3) is 0 Å². The van der Waals surface area contributed by atoms with E-state index >= 15 is 0 Å². The number of hydrogen-bond donors (Lipinski definition) is 1. The van der Waals surface area contributed by atoms with Gasteiger partial charge in [0.05, 0.1) is 0 Å². The third-order valence-corrected chi connectivity index (χ3v) is 3.20. The van der Waals surface area contributed by atoms with Crippen molar-refractivity contribution in [2.24, 2.45) is 0 Å². The van der Waals surface area contributed by atoms with Gasteiger partial charge in [0.25, 0.3) is 0 Å². The molecule has 0 amide bonds. The fourth-order valence-corrected chi connectivity index (χ4v) is 2.39. The summed E-state index contributed by atoms with van der Waals surface area (Å²) in [6.07, 6.45) is 1.18. The Morgan fingerprint density at radius 3 is 2.94 bits per heavy atom. The van der Waals surface area contributed by atoms with Crippen LogP contribution in [0, 0.1) is 0 Å². The van der Waals surface area contributed by atoms with E-state index in [1.54, 1.807) is 0 Å². The number of benzene rings is 1. The highest BCUT2D eigenvalue weighted by Gasteiger charge is 2.24. The molecule has 0 radical (unpaired) electrons. The molecule has 0 saturated carbocycles. The Kier molecular flexibility index (Phi) is 3.41. The summed E-state index contributed by atoms with van der Waals surface area (Å²) >= 11 is 6.03. The molecule has 1 aliphatic rings. The van der Waals surface area contributed by atoms with Crippen LogP contribution in [0.2, 0.25) is 5.02 Å². The van der Waals surface area contributed by atoms with Crippen molar-refractivity contribution in [2.75, 3.05) is 24.5 Å². The average Bonchev–Trinajstić information content (AvgIpc) is 2.39. The molecular formula is C13H19ClN2. The summed E-state index contributed by atoms with van der Waals surface area (Å²) in [5.41, 5.74) is 1.39. The second-order valence-corrected chi connectivity index (χ2v) is 5.50. The number of nitrogens with one attached hydrogen (secondary N) is 1. The highest BCUT2D eigenvalue weighted by molar-refractivity contribution is 6.30. The Morgan fingerprint density at radius 2 is 2.19 bits per heavy atom. The number of rotatable bonds is 1. The minimum Gasteiger partial charge on any atom is -0.370 e. The quantitative estimate of drug-likeness (QED) is 0.810. The van der Waals surface area contributed by atoms with Crippen LogP contribution in [0.5, 0.6) is 0 Å². The van der Waals surface area contributed by atoms with Crippen molar-refractivity contribution in [1.29, 1.82) is 0 Å². The predicted octanol–water partition coefficient (Wildman–Crippen LogP) is 2.92. The van der Waals surface area contributed by atoms with Crippen LogP contribution in [0.3, 0.4) is 0 Å². The third kappa shape index (κ3) is 2.89. The zero-order chi connectivity index (χ0) is 11.6. The lowest BCUT2D eigenvalue weighted by Gasteiger charge is -2.31. The van der Waals surface area contributed by atoms with Gasteiger partial charge in [0.15, 0.2) is 0 Å². The smallest absolute Gasteiger partial charge is 0.0426 e. The molecule has 0 atom stereocenters. The largest absolute Gasteiger partial charge is 0.370 e. The van der Waals surface area contributed by atoms with Crippen LogP contribution in [0.15, 0.2) is 24.3 Å². The molecule has 0 bridgehead atoms. The van der Waals surface area contributed by atoms with Gasteiger partial charge in [0.1, 0.15) is 0 Å². The highest BCUT2D eigenvalue weighted by atomic mass is 35.5. The van der Waals surface area contributed by atoms with Gasteiger partial charge in [-0.15, -0.1) is 0 Å². The molecule has 2 rings (SSSR count). The number of hydrogen-bond acceptors (Lipinski definition) is 2. The molecule has 88 valence electrons. The summed E-state index contributed by atoms with van der Waals surface area (Å²) in [6.45, 7) is 7.69. The first-order valence-corrected chi connectivity index (χ1v) is 6.20. The minimum atomic E-state index is 0.165. The van der Waals surface area contributed by atoms with Crippen molar-refractivity contribution in [3.05, 3.63) is 29.3 Å². The van der Waals surface area contributed by atoms with Crippen LogP contribution in [0.4, 0.5) is 5.69 Å². The summed E-state index contributed by atoms with van der Waals surface area (Å²) in [6, 6.07) is 8.12. The van der Waals surface area contributed by atoms with E-state index in [0.717, 1.165) is 24.7 Å². The standard InChI is InChI=1S/C13H19ClN2/c1-13(2)10-16(8-4-7-15-13)12-6-3-5-11(14)9-12/h3,5-6,9,15H,4,7-8,10H2,1-2H3. The van der Waals surface area contributed by atoms with Crippen molar-refractivity contribution < 1.29 is 0 Å². The second kappa shape index (κ2) is 4.64. The van der Waals surface area contributed by atoms with Crippen LogP contribution >= 0.6 is 11.6 Å². The molecule has 1 aromatic carbocycles. The lowest BCUT2D eigenvalue weighted by molar-refractivity contribution is 0.416. The molecule has 0 aliphatic carbocycles. The number of halogens is 1. The molecule has 1 saturated heterocycles. The fraction of sp³-hybridized carbons (Fsp3) is 0.538. The normalized spacial score (nSPS) is 20.6. The lowest BCUT2D eigenvalue weighted by atomic mass is 10.1. The molecule has 1 fully saturated rings. The van der Waals surface area contributed by atoms with Crippen molar-refractivity contribution >= 4 is 17.3 Å². The predicted molar refractivity (Wildman–Crippen MR) is 70.4 cm³/mol. The molecular weight excluding hydrogens is 220 g/mol. The fourth-order valence-electron chi connectivity index (χ4n) is 2.20. The molecule has 1 heterocycles.